The van der Waals surface area contributed by atoms with E-state index in [4.69, 9.17) is 15.2 Å². The minimum atomic E-state index is -1.22. The molecule has 0 aliphatic carbocycles. The molecule has 0 bridgehead atoms. The van der Waals surface area contributed by atoms with Gasteiger partial charge in [-0.05, 0) is 68.1 Å². The van der Waals surface area contributed by atoms with Gasteiger partial charge in [-0.15, -0.1) is 0 Å². The summed E-state index contributed by atoms with van der Waals surface area (Å²) in [5, 5.41) is 2.67. The molecule has 0 radical (unpaired) electrons. The first kappa shape index (κ1) is 30.1. The maximum atomic E-state index is 14.1. The Morgan fingerprint density at radius 3 is 2.24 bits per heavy atom. The summed E-state index contributed by atoms with van der Waals surface area (Å²) in [6, 6.07) is 19.2. The van der Waals surface area contributed by atoms with Crippen molar-refractivity contribution in [1.82, 2.24) is 5.32 Å². The van der Waals surface area contributed by atoms with E-state index in [9.17, 15) is 19.2 Å². The molecule has 1 aliphatic rings. The smallest absolute Gasteiger partial charge is 0.407 e. The van der Waals surface area contributed by atoms with Gasteiger partial charge in [0.2, 0.25) is 0 Å². The van der Waals surface area contributed by atoms with Crippen molar-refractivity contribution in [2.75, 3.05) is 9.80 Å². The van der Waals surface area contributed by atoms with Crippen LogP contribution in [0.3, 0.4) is 0 Å². The van der Waals surface area contributed by atoms with Crippen LogP contribution in [0.4, 0.5) is 21.0 Å². The Hall–Kier alpha value is -4.86. The number of rotatable bonds is 7. The highest BCUT2D eigenvalue weighted by atomic mass is 16.6. The second-order valence-electron chi connectivity index (χ2n) is 10.9. The summed E-state index contributed by atoms with van der Waals surface area (Å²) in [6.07, 6.45) is -0.262. The lowest BCUT2D eigenvalue weighted by Crippen LogP contribution is -2.52. The van der Waals surface area contributed by atoms with E-state index in [1.165, 1.54) is 4.90 Å². The molecule has 1 atom stereocenters. The van der Waals surface area contributed by atoms with Crippen LogP contribution in [0.25, 0.3) is 0 Å². The number of hydrogen-bond acceptors (Lipinski definition) is 6. The van der Waals surface area contributed by atoms with Crippen LogP contribution in [-0.4, -0.2) is 35.6 Å². The molecule has 3 aromatic carbocycles. The minimum Gasteiger partial charge on any atom is -0.444 e. The molecule has 0 saturated heterocycles. The quantitative estimate of drug-likeness (QED) is 0.300. The van der Waals surface area contributed by atoms with E-state index in [2.05, 4.69) is 5.32 Å². The third-order valence-corrected chi connectivity index (χ3v) is 6.69. The first-order chi connectivity index (χ1) is 20.0. The van der Waals surface area contributed by atoms with Crippen molar-refractivity contribution < 1.29 is 28.7 Å². The minimum absolute atomic E-state index is 0.208. The topological polar surface area (TPSA) is 131 Å². The van der Waals surface area contributed by atoms with Crippen LogP contribution >= 0.6 is 0 Å². The van der Waals surface area contributed by atoms with Gasteiger partial charge in [0, 0.05) is 12.2 Å². The number of benzene rings is 3. The average molecular weight is 573 g/mol. The van der Waals surface area contributed by atoms with Crippen molar-refractivity contribution in [3.63, 3.8) is 0 Å². The molecule has 220 valence electrons. The molecule has 0 saturated carbocycles. The SMILES string of the molecule is CCc1ccccc1N1Cc2ccccc2N(C(N)=O)C(CC(=O)Oc2ccc(CNC(=O)OC(C)(C)C)cc2)C1=O. The maximum Gasteiger partial charge on any atom is 0.407 e. The zero-order valence-corrected chi connectivity index (χ0v) is 24.3. The summed E-state index contributed by atoms with van der Waals surface area (Å²) in [7, 11) is 0. The van der Waals surface area contributed by atoms with Gasteiger partial charge in [0.15, 0.2) is 0 Å². The van der Waals surface area contributed by atoms with Gasteiger partial charge in [-0.3, -0.25) is 14.5 Å². The van der Waals surface area contributed by atoms with Crippen molar-refractivity contribution >= 4 is 35.4 Å². The molecule has 0 aromatic heterocycles. The van der Waals surface area contributed by atoms with E-state index < -0.39 is 42.1 Å². The molecule has 4 rings (SSSR count). The number of carbonyl (C=O) groups is 4. The predicted molar refractivity (Wildman–Crippen MR) is 159 cm³/mol. The second kappa shape index (κ2) is 12.8. The van der Waals surface area contributed by atoms with Crippen LogP contribution in [0.15, 0.2) is 72.8 Å². The Labute approximate surface area is 245 Å². The van der Waals surface area contributed by atoms with Gasteiger partial charge in [0.1, 0.15) is 17.4 Å². The molecule has 10 heteroatoms. The summed E-state index contributed by atoms with van der Waals surface area (Å²) in [4.78, 5) is 54.7. The lowest BCUT2D eigenvalue weighted by molar-refractivity contribution is -0.136. The second-order valence-corrected chi connectivity index (χ2v) is 10.9. The highest BCUT2D eigenvalue weighted by molar-refractivity contribution is 6.08. The fraction of sp³-hybridized carbons (Fsp3) is 0.312. The fourth-order valence-electron chi connectivity index (χ4n) is 4.81. The van der Waals surface area contributed by atoms with Crippen LogP contribution in [0.1, 0.15) is 50.8 Å². The van der Waals surface area contributed by atoms with Gasteiger partial charge in [0.05, 0.1) is 18.7 Å². The highest BCUT2D eigenvalue weighted by Crippen LogP contribution is 2.34. The molecule has 42 heavy (non-hydrogen) atoms. The Morgan fingerprint density at radius 1 is 0.952 bits per heavy atom. The number of alkyl carbamates (subject to hydrolysis) is 1. The van der Waals surface area contributed by atoms with Crippen LogP contribution in [0.2, 0.25) is 0 Å². The van der Waals surface area contributed by atoms with Gasteiger partial charge in [-0.1, -0.05) is 55.5 Å². The summed E-state index contributed by atoms with van der Waals surface area (Å²) < 4.78 is 10.8. The first-order valence-corrected chi connectivity index (χ1v) is 13.8. The molecule has 3 aromatic rings. The number of hydrogen-bond donors (Lipinski definition) is 2. The number of ether oxygens (including phenoxy) is 2. The molecular formula is C32H36N4O6. The number of urea groups is 1. The third-order valence-electron chi connectivity index (χ3n) is 6.69. The van der Waals surface area contributed by atoms with Gasteiger partial charge in [0.25, 0.3) is 5.91 Å². The van der Waals surface area contributed by atoms with E-state index in [1.807, 2.05) is 43.3 Å². The van der Waals surface area contributed by atoms with E-state index in [1.54, 1.807) is 62.1 Å². The van der Waals surface area contributed by atoms with Crippen molar-refractivity contribution in [3.05, 3.63) is 89.5 Å². The summed E-state index contributed by atoms with van der Waals surface area (Å²) in [6.45, 7) is 7.77. The number of nitrogens with one attached hydrogen (secondary N) is 1. The highest BCUT2D eigenvalue weighted by Gasteiger charge is 2.40. The van der Waals surface area contributed by atoms with Crippen LogP contribution in [0, 0.1) is 0 Å². The van der Waals surface area contributed by atoms with Gasteiger partial charge in [-0.25, -0.2) is 9.59 Å². The largest absolute Gasteiger partial charge is 0.444 e. The normalized spacial score (nSPS) is 15.0. The number of nitrogens with two attached hydrogens (primary N) is 1. The van der Waals surface area contributed by atoms with E-state index >= 15 is 0 Å². The molecule has 10 nitrogen and oxygen atoms in total. The maximum absolute atomic E-state index is 14.1. The van der Waals surface area contributed by atoms with Crippen molar-refractivity contribution in [2.24, 2.45) is 5.73 Å². The number of para-hydroxylation sites is 2. The van der Waals surface area contributed by atoms with E-state index in [0.717, 1.165) is 16.7 Å². The predicted octanol–water partition coefficient (Wildman–Crippen LogP) is 5.07. The number of esters is 1. The molecule has 4 amide bonds. The van der Waals surface area contributed by atoms with Crippen LogP contribution in [0.5, 0.6) is 5.75 Å². The molecule has 3 N–H and O–H groups in total. The average Bonchev–Trinajstić information content (AvgIpc) is 3.06. The number of aryl methyl sites for hydroxylation is 1. The van der Waals surface area contributed by atoms with E-state index in [-0.39, 0.29) is 18.8 Å². The first-order valence-electron chi connectivity index (χ1n) is 13.8. The number of anilines is 2. The third kappa shape index (κ3) is 7.25. The number of nitrogens with zero attached hydrogens (tertiary/aromatic N) is 2. The number of carbonyl (C=O) groups excluding carboxylic acids is 4. The number of primary amides is 1. The van der Waals surface area contributed by atoms with E-state index in [0.29, 0.717) is 17.8 Å². The number of fused-ring (bicyclic) bond motifs is 1. The van der Waals surface area contributed by atoms with Crippen molar-refractivity contribution in [1.29, 1.82) is 0 Å². The van der Waals surface area contributed by atoms with Crippen molar-refractivity contribution in [3.8, 4) is 5.75 Å². The number of amides is 4. The summed E-state index contributed by atoms with van der Waals surface area (Å²) in [5.41, 5.74) is 8.81. The molecular weight excluding hydrogens is 536 g/mol. The van der Waals surface area contributed by atoms with Crippen LogP contribution < -0.4 is 25.6 Å². The molecule has 1 aliphatic heterocycles. The fourth-order valence-corrected chi connectivity index (χ4v) is 4.81. The Balaban J connectivity index is 1.54. The zero-order valence-electron chi connectivity index (χ0n) is 24.3. The molecule has 1 heterocycles. The Bertz CT molecular complexity index is 1460. The standard InChI is InChI=1S/C32H36N4O6/c1-5-22-10-6-8-12-25(22)35-20-23-11-7-9-13-26(23)36(30(33)39)27(29(35)38)18-28(37)41-24-16-14-21(15-17-24)19-34-31(40)42-32(2,3)4/h6-17,27H,5,18-20H2,1-4H3,(H2,33,39)(H,34,40). The molecule has 1 unspecified atom stereocenters. The summed E-state index contributed by atoms with van der Waals surface area (Å²) in [5.74, 6) is -0.893. The molecule has 0 fully saturated rings. The van der Waals surface area contributed by atoms with Gasteiger partial charge < -0.3 is 25.4 Å². The Morgan fingerprint density at radius 2 is 1.60 bits per heavy atom. The van der Waals surface area contributed by atoms with Gasteiger partial charge >= 0.3 is 18.1 Å². The monoisotopic (exact) mass is 572 g/mol. The van der Waals surface area contributed by atoms with Crippen LogP contribution in [-0.2, 0) is 33.8 Å². The Kier molecular flexibility index (Phi) is 9.15. The molecule has 0 spiro atoms. The van der Waals surface area contributed by atoms with Crippen molar-refractivity contribution in [2.45, 2.75) is 65.3 Å². The summed E-state index contributed by atoms with van der Waals surface area (Å²) >= 11 is 0. The lowest BCUT2D eigenvalue weighted by atomic mass is 10.1. The lowest BCUT2D eigenvalue weighted by Gasteiger charge is -2.30. The van der Waals surface area contributed by atoms with Gasteiger partial charge in [-0.2, -0.15) is 0 Å². The zero-order chi connectivity index (χ0) is 30.4.